The molecule has 2 rings (SSSR count). The van der Waals surface area contributed by atoms with Crippen LogP contribution < -0.4 is 0 Å². The summed E-state index contributed by atoms with van der Waals surface area (Å²) in [5.74, 6) is 1.40. The topological polar surface area (TPSA) is 40.5 Å². The third-order valence-electron chi connectivity index (χ3n) is 5.55. The highest BCUT2D eigenvalue weighted by molar-refractivity contribution is 5.89. The van der Waals surface area contributed by atoms with Crippen LogP contribution in [-0.2, 0) is 4.79 Å². The van der Waals surface area contributed by atoms with Gasteiger partial charge in [0.15, 0.2) is 5.78 Å². The number of fused-ring (bicyclic) bond motifs is 1. The first-order valence-corrected chi connectivity index (χ1v) is 9.74. The van der Waals surface area contributed by atoms with Gasteiger partial charge < -0.3 is 10.0 Å². The molecular formula is C21H35NO2. The number of unbranched alkanes of at least 4 members (excludes halogenated alkanes) is 2. The Morgan fingerprint density at radius 2 is 2.12 bits per heavy atom. The molecule has 1 saturated carbocycles. The average molecular weight is 334 g/mol. The summed E-state index contributed by atoms with van der Waals surface area (Å²) >= 11 is 0. The maximum absolute atomic E-state index is 11.7. The van der Waals surface area contributed by atoms with E-state index in [2.05, 4.69) is 25.1 Å². The predicted molar refractivity (Wildman–Crippen MR) is 99.9 cm³/mol. The van der Waals surface area contributed by atoms with E-state index in [0.717, 1.165) is 19.3 Å². The second-order valence-corrected chi connectivity index (χ2v) is 7.93. The minimum atomic E-state index is -0.274. The van der Waals surface area contributed by atoms with Crippen LogP contribution in [0.5, 0.6) is 0 Å². The highest BCUT2D eigenvalue weighted by Gasteiger charge is 2.43. The number of ketones is 1. The van der Waals surface area contributed by atoms with E-state index < -0.39 is 0 Å². The molecule has 0 unspecified atom stereocenters. The van der Waals surface area contributed by atoms with Gasteiger partial charge in [0, 0.05) is 12.3 Å². The molecule has 0 amide bonds. The van der Waals surface area contributed by atoms with Crippen LogP contribution in [0.15, 0.2) is 23.8 Å². The molecule has 2 aliphatic carbocycles. The quantitative estimate of drug-likeness (QED) is 0.373. The molecule has 3 nitrogen and oxygen atoms in total. The molecule has 2 aliphatic rings. The minimum Gasteiger partial charge on any atom is -0.392 e. The first-order chi connectivity index (χ1) is 11.5. The molecule has 1 fully saturated rings. The number of hydrogen-bond donors (Lipinski definition) is 1. The fraction of sp³-hybridized carbons (Fsp3) is 0.762. The van der Waals surface area contributed by atoms with E-state index in [4.69, 9.17) is 0 Å². The Morgan fingerprint density at radius 1 is 1.33 bits per heavy atom. The van der Waals surface area contributed by atoms with Crippen molar-refractivity contribution in [1.82, 2.24) is 4.90 Å². The Kier molecular flexibility index (Phi) is 7.70. The fourth-order valence-corrected chi connectivity index (χ4v) is 4.30. The highest BCUT2D eigenvalue weighted by Crippen LogP contribution is 2.48. The molecule has 0 radical (unpaired) electrons. The zero-order valence-corrected chi connectivity index (χ0v) is 15.7. The van der Waals surface area contributed by atoms with E-state index in [1.165, 1.54) is 32.2 Å². The van der Waals surface area contributed by atoms with Crippen molar-refractivity contribution in [1.29, 1.82) is 0 Å². The smallest absolute Gasteiger partial charge is 0.155 e. The van der Waals surface area contributed by atoms with Gasteiger partial charge in [-0.2, -0.15) is 0 Å². The zero-order valence-electron chi connectivity index (χ0n) is 15.7. The Hall–Kier alpha value is -0.930. The largest absolute Gasteiger partial charge is 0.392 e. The number of aliphatic hydroxyl groups is 1. The van der Waals surface area contributed by atoms with Gasteiger partial charge in [0.05, 0.1) is 6.10 Å². The van der Waals surface area contributed by atoms with Crippen molar-refractivity contribution in [3.05, 3.63) is 23.8 Å². The van der Waals surface area contributed by atoms with E-state index >= 15 is 0 Å². The van der Waals surface area contributed by atoms with Gasteiger partial charge in [-0.15, -0.1) is 0 Å². The number of hydrogen-bond acceptors (Lipinski definition) is 3. The van der Waals surface area contributed by atoms with E-state index in [1.54, 1.807) is 11.6 Å². The average Bonchev–Trinajstić information content (AvgIpc) is 3.01. The van der Waals surface area contributed by atoms with Crippen LogP contribution in [0.1, 0.15) is 58.3 Å². The van der Waals surface area contributed by atoms with Crippen LogP contribution in [0.25, 0.3) is 0 Å². The van der Waals surface area contributed by atoms with E-state index in [1.807, 2.05) is 13.0 Å². The summed E-state index contributed by atoms with van der Waals surface area (Å²) in [5.41, 5.74) is 1.58. The van der Waals surface area contributed by atoms with Gasteiger partial charge in [0.1, 0.15) is 0 Å². The third kappa shape index (κ3) is 5.56. The van der Waals surface area contributed by atoms with Crippen LogP contribution in [0.4, 0.5) is 0 Å². The standard InChI is InChI=1S/C21H35NO2/c1-4-8-18(23)10-11-19-20-14-16(13-17(20)15-21(19)24)9-6-5-7-12-22(2)3/h10-11,13,17,19-21,24H,4-9,12,14-15H2,1-3H3/b11-10+/t17-,19+,20-,21+/m0/s1. The van der Waals surface area contributed by atoms with Crippen molar-refractivity contribution in [3.8, 4) is 0 Å². The van der Waals surface area contributed by atoms with Crippen molar-refractivity contribution < 1.29 is 9.90 Å². The predicted octanol–water partition coefficient (Wildman–Crippen LogP) is 3.98. The van der Waals surface area contributed by atoms with Crippen molar-refractivity contribution in [3.63, 3.8) is 0 Å². The molecule has 0 aromatic rings. The van der Waals surface area contributed by atoms with Crippen molar-refractivity contribution >= 4 is 5.78 Å². The first-order valence-electron chi connectivity index (χ1n) is 9.74. The van der Waals surface area contributed by atoms with Gasteiger partial charge in [0.2, 0.25) is 0 Å². The monoisotopic (exact) mass is 333 g/mol. The van der Waals surface area contributed by atoms with Gasteiger partial charge in [-0.3, -0.25) is 4.79 Å². The molecule has 0 spiro atoms. The van der Waals surface area contributed by atoms with E-state index in [-0.39, 0.29) is 17.8 Å². The van der Waals surface area contributed by atoms with Crippen LogP contribution in [0.3, 0.4) is 0 Å². The number of aliphatic hydroxyl groups excluding tert-OH is 1. The lowest BCUT2D eigenvalue weighted by Gasteiger charge is -2.18. The second-order valence-electron chi connectivity index (χ2n) is 7.93. The molecule has 0 aliphatic heterocycles. The van der Waals surface area contributed by atoms with Crippen LogP contribution in [-0.4, -0.2) is 42.5 Å². The number of allylic oxidation sites excluding steroid dienone is 3. The maximum atomic E-state index is 11.7. The summed E-state index contributed by atoms with van der Waals surface area (Å²) in [7, 11) is 4.26. The summed E-state index contributed by atoms with van der Waals surface area (Å²) in [4.78, 5) is 14.0. The maximum Gasteiger partial charge on any atom is 0.155 e. The minimum absolute atomic E-state index is 0.165. The second kappa shape index (κ2) is 9.53. The summed E-state index contributed by atoms with van der Waals surface area (Å²) < 4.78 is 0. The van der Waals surface area contributed by atoms with E-state index in [0.29, 0.717) is 18.3 Å². The Balaban J connectivity index is 1.78. The Labute approximate surface area is 147 Å². The van der Waals surface area contributed by atoms with Gasteiger partial charge in [-0.05, 0) is 77.1 Å². The normalized spacial score (nSPS) is 29.5. The molecule has 0 aromatic heterocycles. The molecule has 3 heteroatoms. The van der Waals surface area contributed by atoms with Crippen LogP contribution in [0.2, 0.25) is 0 Å². The number of nitrogens with zero attached hydrogens (tertiary/aromatic N) is 1. The summed E-state index contributed by atoms with van der Waals surface area (Å²) in [6, 6.07) is 0. The summed E-state index contributed by atoms with van der Waals surface area (Å²) in [5, 5.41) is 10.3. The Bertz CT molecular complexity index is 466. The molecule has 24 heavy (non-hydrogen) atoms. The zero-order chi connectivity index (χ0) is 17.5. The fourth-order valence-electron chi connectivity index (χ4n) is 4.30. The third-order valence-corrected chi connectivity index (χ3v) is 5.55. The van der Waals surface area contributed by atoms with Crippen LogP contribution in [0, 0.1) is 17.8 Å². The molecule has 0 bridgehead atoms. The number of carbonyl (C=O) groups excluding carboxylic acids is 1. The van der Waals surface area contributed by atoms with Crippen molar-refractivity contribution in [2.75, 3.05) is 20.6 Å². The van der Waals surface area contributed by atoms with Crippen LogP contribution >= 0.6 is 0 Å². The molecule has 136 valence electrons. The van der Waals surface area contributed by atoms with Gasteiger partial charge >= 0.3 is 0 Å². The lowest BCUT2D eigenvalue weighted by Crippen LogP contribution is -2.17. The first kappa shape index (κ1) is 19.4. The number of carbonyl (C=O) groups is 1. The summed E-state index contributed by atoms with van der Waals surface area (Å²) in [6.07, 6.45) is 14.4. The van der Waals surface area contributed by atoms with Crippen molar-refractivity contribution in [2.24, 2.45) is 17.8 Å². The summed E-state index contributed by atoms with van der Waals surface area (Å²) in [6.45, 7) is 3.20. The van der Waals surface area contributed by atoms with Gasteiger partial charge in [-0.1, -0.05) is 31.1 Å². The van der Waals surface area contributed by atoms with Gasteiger partial charge in [0.25, 0.3) is 0 Å². The Morgan fingerprint density at radius 3 is 2.83 bits per heavy atom. The molecular weight excluding hydrogens is 298 g/mol. The lowest BCUT2D eigenvalue weighted by molar-refractivity contribution is -0.114. The molecule has 4 atom stereocenters. The molecule has 1 N–H and O–H groups in total. The number of rotatable bonds is 10. The molecule has 0 heterocycles. The lowest BCUT2D eigenvalue weighted by atomic mass is 9.88. The highest BCUT2D eigenvalue weighted by atomic mass is 16.3. The SMILES string of the molecule is CCCC(=O)/C=C/[C@@H]1[C@H]2CC(CCCCCN(C)C)=C[C@H]2C[C@H]1O. The van der Waals surface area contributed by atoms with Gasteiger partial charge in [-0.25, -0.2) is 0 Å². The van der Waals surface area contributed by atoms with E-state index in [9.17, 15) is 9.90 Å². The molecule has 0 saturated heterocycles. The molecule has 0 aromatic carbocycles. The van der Waals surface area contributed by atoms with Crippen molar-refractivity contribution in [2.45, 2.75) is 64.4 Å².